The van der Waals surface area contributed by atoms with Gasteiger partial charge >= 0.3 is 0 Å². The van der Waals surface area contributed by atoms with Gasteiger partial charge in [0.25, 0.3) is 0 Å². The Morgan fingerprint density at radius 3 is 2.63 bits per heavy atom. The van der Waals surface area contributed by atoms with Crippen LogP contribution in [0.2, 0.25) is 0 Å². The molecule has 3 rings (SSSR count). The van der Waals surface area contributed by atoms with Crippen LogP contribution < -0.4 is 5.73 Å². The van der Waals surface area contributed by atoms with Crippen LogP contribution in [0.4, 0.5) is 5.69 Å². The van der Waals surface area contributed by atoms with Crippen LogP contribution in [-0.2, 0) is 9.53 Å². The summed E-state index contributed by atoms with van der Waals surface area (Å²) in [7, 11) is 0. The van der Waals surface area contributed by atoms with Crippen molar-refractivity contribution in [3.05, 3.63) is 34.9 Å². The van der Waals surface area contributed by atoms with E-state index in [1.807, 2.05) is 13.8 Å². The number of hydrogen-bond acceptors (Lipinski definition) is 4. The van der Waals surface area contributed by atoms with Crippen LogP contribution in [-0.4, -0.2) is 17.2 Å². The summed E-state index contributed by atoms with van der Waals surface area (Å²) < 4.78 is 5.93. The highest BCUT2D eigenvalue weighted by Gasteiger charge is 2.39. The Labute approximate surface area is 111 Å². The van der Waals surface area contributed by atoms with Gasteiger partial charge in [-0.1, -0.05) is 0 Å². The molecule has 1 heterocycles. The molecule has 4 nitrogen and oxygen atoms in total. The Kier molecular flexibility index (Phi) is 2.33. The lowest BCUT2D eigenvalue weighted by Gasteiger charge is -2.36. The lowest BCUT2D eigenvalue weighted by Crippen LogP contribution is -2.34. The van der Waals surface area contributed by atoms with Crippen molar-refractivity contribution in [2.45, 2.75) is 32.3 Å². The molecule has 0 atom stereocenters. The number of fused-ring (bicyclic) bond motifs is 2. The SMILES string of the molecule is CC1(C)CCC2=C(O1)c1ccc(N)cc1C(=O)C2=O. The predicted molar refractivity (Wildman–Crippen MR) is 71.5 cm³/mol. The van der Waals surface area contributed by atoms with E-state index >= 15 is 0 Å². The lowest BCUT2D eigenvalue weighted by molar-refractivity contribution is -0.112. The number of anilines is 1. The van der Waals surface area contributed by atoms with Crippen molar-refractivity contribution >= 4 is 23.0 Å². The van der Waals surface area contributed by atoms with E-state index in [1.165, 1.54) is 0 Å². The van der Waals surface area contributed by atoms with Crippen LogP contribution >= 0.6 is 0 Å². The number of Topliss-reactive ketones (excluding diaryl/α,β-unsaturated/α-hetero) is 2. The van der Waals surface area contributed by atoms with Crippen LogP contribution in [0.1, 0.15) is 42.6 Å². The Morgan fingerprint density at radius 2 is 1.89 bits per heavy atom. The van der Waals surface area contributed by atoms with Crippen molar-refractivity contribution in [3.63, 3.8) is 0 Å². The summed E-state index contributed by atoms with van der Waals surface area (Å²) >= 11 is 0. The Hall–Kier alpha value is -2.10. The summed E-state index contributed by atoms with van der Waals surface area (Å²) in [5.74, 6) is -0.385. The molecule has 0 unspecified atom stereocenters. The molecule has 4 heteroatoms. The van der Waals surface area contributed by atoms with Gasteiger partial charge in [-0.15, -0.1) is 0 Å². The zero-order chi connectivity index (χ0) is 13.8. The first-order chi connectivity index (χ1) is 8.89. The van der Waals surface area contributed by atoms with Gasteiger partial charge in [0.05, 0.1) is 0 Å². The fourth-order valence-electron chi connectivity index (χ4n) is 2.57. The van der Waals surface area contributed by atoms with Gasteiger partial charge in [0.1, 0.15) is 11.4 Å². The molecule has 0 radical (unpaired) electrons. The molecule has 0 fully saturated rings. The molecule has 0 aromatic heterocycles. The summed E-state index contributed by atoms with van der Waals surface area (Å²) in [6.45, 7) is 3.96. The van der Waals surface area contributed by atoms with Crippen molar-refractivity contribution in [2.75, 3.05) is 5.73 Å². The summed E-state index contributed by atoms with van der Waals surface area (Å²) in [5.41, 5.74) is 7.37. The summed E-state index contributed by atoms with van der Waals surface area (Å²) in [6, 6.07) is 5.02. The van der Waals surface area contributed by atoms with Crippen LogP contribution in [0.3, 0.4) is 0 Å². The second-order valence-corrected chi connectivity index (χ2v) is 5.63. The predicted octanol–water partition coefficient (Wildman–Crippen LogP) is 2.33. The van der Waals surface area contributed by atoms with Crippen LogP contribution in [0.15, 0.2) is 23.8 Å². The van der Waals surface area contributed by atoms with E-state index in [0.29, 0.717) is 34.6 Å². The van der Waals surface area contributed by atoms with E-state index in [-0.39, 0.29) is 5.60 Å². The lowest BCUT2D eigenvalue weighted by atomic mass is 9.82. The number of nitrogen functional groups attached to an aromatic ring is 1. The smallest absolute Gasteiger partial charge is 0.234 e. The topological polar surface area (TPSA) is 69.4 Å². The number of ketones is 2. The maximum atomic E-state index is 12.1. The van der Waals surface area contributed by atoms with Gasteiger partial charge in [-0.25, -0.2) is 0 Å². The normalized spacial score (nSPS) is 20.7. The van der Waals surface area contributed by atoms with Crippen molar-refractivity contribution in [2.24, 2.45) is 0 Å². The Balaban J connectivity index is 2.23. The molecular weight excluding hydrogens is 242 g/mol. The molecular formula is C15H15NO3. The number of allylic oxidation sites excluding steroid dienone is 1. The van der Waals surface area contributed by atoms with Gasteiger partial charge in [0.15, 0.2) is 0 Å². The van der Waals surface area contributed by atoms with E-state index in [9.17, 15) is 9.59 Å². The number of rotatable bonds is 0. The molecule has 0 amide bonds. The highest BCUT2D eigenvalue weighted by atomic mass is 16.5. The standard InChI is InChI=1S/C15H15NO3/c1-15(2)6-5-10-12(17)13(18)11-7-8(16)3-4-9(11)14(10)19-15/h3-4,7H,5-6,16H2,1-2H3. The summed E-state index contributed by atoms with van der Waals surface area (Å²) in [6.07, 6.45) is 1.31. The molecule has 0 saturated heterocycles. The largest absolute Gasteiger partial charge is 0.487 e. The maximum absolute atomic E-state index is 12.1. The molecule has 0 saturated carbocycles. The molecule has 1 aliphatic carbocycles. The van der Waals surface area contributed by atoms with E-state index < -0.39 is 11.6 Å². The van der Waals surface area contributed by atoms with Gasteiger partial charge in [-0.05, 0) is 44.9 Å². The fourth-order valence-corrected chi connectivity index (χ4v) is 2.57. The Morgan fingerprint density at radius 1 is 1.16 bits per heavy atom. The van der Waals surface area contributed by atoms with E-state index in [4.69, 9.17) is 10.5 Å². The third-order valence-electron chi connectivity index (χ3n) is 3.64. The first kappa shape index (κ1) is 12.0. The molecule has 2 aliphatic rings. The van der Waals surface area contributed by atoms with E-state index in [2.05, 4.69) is 0 Å². The Bertz CT molecular complexity index is 641. The zero-order valence-electron chi connectivity index (χ0n) is 10.9. The second-order valence-electron chi connectivity index (χ2n) is 5.63. The summed E-state index contributed by atoms with van der Waals surface area (Å²) in [4.78, 5) is 24.2. The van der Waals surface area contributed by atoms with Crippen LogP contribution in [0, 0.1) is 0 Å². The third kappa shape index (κ3) is 1.75. The number of carbonyl (C=O) groups is 2. The maximum Gasteiger partial charge on any atom is 0.234 e. The first-order valence-electron chi connectivity index (χ1n) is 6.30. The number of carbonyl (C=O) groups excluding carboxylic acids is 2. The minimum absolute atomic E-state index is 0.321. The average molecular weight is 257 g/mol. The molecule has 0 bridgehead atoms. The molecule has 19 heavy (non-hydrogen) atoms. The molecule has 1 aliphatic heterocycles. The number of ether oxygens (including phenoxy) is 1. The highest BCUT2D eigenvalue weighted by molar-refractivity contribution is 6.52. The average Bonchev–Trinajstić information content (AvgIpc) is 2.35. The number of nitrogens with two attached hydrogens (primary N) is 1. The van der Waals surface area contributed by atoms with E-state index in [0.717, 1.165) is 6.42 Å². The number of benzene rings is 1. The summed E-state index contributed by atoms with van der Waals surface area (Å²) in [5, 5.41) is 0. The van der Waals surface area contributed by atoms with Gasteiger partial charge in [0.2, 0.25) is 11.6 Å². The number of hydrogen-bond donors (Lipinski definition) is 1. The zero-order valence-corrected chi connectivity index (χ0v) is 10.9. The molecule has 1 aromatic carbocycles. The van der Waals surface area contributed by atoms with Gasteiger partial charge < -0.3 is 10.5 Å². The fraction of sp³-hybridized carbons (Fsp3) is 0.333. The quantitative estimate of drug-likeness (QED) is 0.572. The van der Waals surface area contributed by atoms with Crippen molar-refractivity contribution < 1.29 is 14.3 Å². The van der Waals surface area contributed by atoms with Crippen LogP contribution in [0.5, 0.6) is 0 Å². The second kappa shape index (κ2) is 3.70. The minimum Gasteiger partial charge on any atom is -0.487 e. The molecule has 98 valence electrons. The molecule has 1 aromatic rings. The molecule has 0 spiro atoms. The van der Waals surface area contributed by atoms with Gasteiger partial charge in [0, 0.05) is 22.4 Å². The van der Waals surface area contributed by atoms with E-state index in [1.54, 1.807) is 18.2 Å². The monoisotopic (exact) mass is 257 g/mol. The van der Waals surface area contributed by atoms with Crippen molar-refractivity contribution in [1.29, 1.82) is 0 Å². The van der Waals surface area contributed by atoms with Crippen molar-refractivity contribution in [1.82, 2.24) is 0 Å². The van der Waals surface area contributed by atoms with Gasteiger partial charge in [-0.3, -0.25) is 9.59 Å². The van der Waals surface area contributed by atoms with Gasteiger partial charge in [-0.2, -0.15) is 0 Å². The minimum atomic E-state index is -0.482. The van der Waals surface area contributed by atoms with Crippen LogP contribution in [0.25, 0.3) is 5.76 Å². The first-order valence-corrected chi connectivity index (χ1v) is 6.30. The van der Waals surface area contributed by atoms with Crippen molar-refractivity contribution in [3.8, 4) is 0 Å². The highest BCUT2D eigenvalue weighted by Crippen LogP contribution is 2.41. The molecule has 2 N–H and O–H groups in total. The third-order valence-corrected chi connectivity index (χ3v) is 3.64.